The van der Waals surface area contributed by atoms with Gasteiger partial charge in [-0.05, 0) is 97.7 Å². The maximum absolute atomic E-state index is 12.6. The minimum atomic E-state index is -0.0722. The molecule has 0 aromatic rings. The van der Waals surface area contributed by atoms with Crippen molar-refractivity contribution < 1.29 is 14.3 Å². The molecule has 0 heterocycles. The molecule has 0 amide bonds. The molecule has 0 aliphatic heterocycles. The second-order valence-corrected chi connectivity index (χ2v) is 13.5. The van der Waals surface area contributed by atoms with E-state index < -0.39 is 0 Å². The van der Waals surface area contributed by atoms with Crippen LogP contribution in [0.15, 0.2) is 0 Å². The van der Waals surface area contributed by atoms with Crippen LogP contribution in [0.5, 0.6) is 0 Å². The number of rotatable bonds is 4. The van der Waals surface area contributed by atoms with E-state index in [2.05, 4.69) is 52.6 Å². The van der Waals surface area contributed by atoms with Gasteiger partial charge in [-0.3, -0.25) is 9.59 Å². The average molecular weight is 546 g/mol. The number of ether oxygens (including phenoxy) is 1. The number of carbonyl (C=O) groups excluding carboxylic acids is 2. The van der Waals surface area contributed by atoms with E-state index in [0.29, 0.717) is 29.5 Å². The van der Waals surface area contributed by atoms with Crippen molar-refractivity contribution in [3.8, 4) is 0 Å². The molecule has 0 aromatic carbocycles. The molecule has 10 atom stereocenters. The summed E-state index contributed by atoms with van der Waals surface area (Å²) in [5.74, 6) is 4.42. The molecule has 3 nitrogen and oxygen atoms in total. The largest absolute Gasteiger partial charge is 0.469 e. The number of ketones is 1. The summed E-state index contributed by atoms with van der Waals surface area (Å²) in [6.45, 7) is 7.43. The van der Waals surface area contributed by atoms with Crippen molar-refractivity contribution in [3.05, 3.63) is 0 Å². The summed E-state index contributed by atoms with van der Waals surface area (Å²) in [7, 11) is 1.49. The zero-order chi connectivity index (χ0) is 21.8. The molecule has 4 aliphatic rings. The maximum atomic E-state index is 12.6. The van der Waals surface area contributed by atoms with Crippen LogP contribution in [-0.2, 0) is 14.3 Å². The van der Waals surface area contributed by atoms with Crippen LogP contribution in [0, 0.1) is 46.3 Å². The van der Waals surface area contributed by atoms with E-state index in [9.17, 15) is 9.59 Å². The van der Waals surface area contributed by atoms with E-state index in [1.54, 1.807) is 0 Å². The predicted molar refractivity (Wildman–Crippen MR) is 127 cm³/mol. The molecule has 0 aromatic heterocycles. The fourth-order valence-corrected chi connectivity index (χ4v) is 11.3. The van der Waals surface area contributed by atoms with Gasteiger partial charge < -0.3 is 4.74 Å². The van der Waals surface area contributed by atoms with Crippen LogP contribution < -0.4 is 0 Å². The molecule has 0 radical (unpaired) electrons. The van der Waals surface area contributed by atoms with Crippen molar-refractivity contribution in [3.63, 3.8) is 0 Å². The van der Waals surface area contributed by atoms with E-state index in [1.165, 1.54) is 45.6 Å². The molecule has 5 heteroatoms. The Morgan fingerprint density at radius 1 is 1.07 bits per heavy atom. The Morgan fingerprint density at radius 2 is 1.73 bits per heavy atom. The van der Waals surface area contributed by atoms with Crippen molar-refractivity contribution in [2.45, 2.75) is 88.2 Å². The summed E-state index contributed by atoms with van der Waals surface area (Å²) in [5.41, 5.74) is 0.668. The number of hydrogen-bond acceptors (Lipinski definition) is 3. The molecule has 0 N–H and O–H groups in total. The number of methoxy groups -OCH3 is 1. The van der Waals surface area contributed by atoms with Crippen molar-refractivity contribution in [2.24, 2.45) is 46.3 Å². The molecule has 0 unspecified atom stereocenters. The Balaban J connectivity index is 1.52. The van der Waals surface area contributed by atoms with Gasteiger partial charge in [0.15, 0.2) is 5.78 Å². The Bertz CT molecular complexity index is 696. The summed E-state index contributed by atoms with van der Waals surface area (Å²) in [5, 5.41) is 0. The second-order valence-electron chi connectivity index (χ2n) is 11.4. The second kappa shape index (κ2) is 8.47. The number of carbonyl (C=O) groups is 2. The molecule has 0 bridgehead atoms. The van der Waals surface area contributed by atoms with E-state index >= 15 is 0 Å². The highest BCUT2D eigenvalue weighted by Gasteiger charge is 2.62. The molecular formula is C25H38Br2O3. The smallest absolute Gasteiger partial charge is 0.305 e. The molecule has 4 fully saturated rings. The van der Waals surface area contributed by atoms with Gasteiger partial charge in [0.05, 0.1) is 16.8 Å². The third kappa shape index (κ3) is 3.56. The number of halogens is 2. The number of hydrogen-bond donors (Lipinski definition) is 0. The zero-order valence-corrected chi connectivity index (χ0v) is 22.1. The van der Waals surface area contributed by atoms with Gasteiger partial charge in [-0.2, -0.15) is 0 Å². The predicted octanol–water partition coefficient (Wildman–Crippen LogP) is 6.55. The first-order valence-corrected chi connectivity index (χ1v) is 13.8. The normalized spacial score (nSPS) is 49.0. The Labute approximate surface area is 199 Å². The van der Waals surface area contributed by atoms with Crippen molar-refractivity contribution >= 4 is 43.6 Å². The summed E-state index contributed by atoms with van der Waals surface area (Å²) < 4.78 is 4.88. The van der Waals surface area contributed by atoms with Crippen LogP contribution >= 0.6 is 31.9 Å². The lowest BCUT2D eigenvalue weighted by atomic mass is 9.44. The molecule has 4 aliphatic carbocycles. The zero-order valence-electron chi connectivity index (χ0n) is 19.0. The fourth-order valence-electron chi connectivity index (χ4n) is 8.75. The number of Topliss-reactive ketones (excluding diaryl/α,β-unsaturated/α-hetero) is 1. The number of fused-ring (bicyclic) bond motifs is 5. The standard InChI is InChI=1S/C25H38Br2O3/c1-14(5-10-21(28)30-4)16-8-9-17-15-6-7-19-22(27)23(29)20(26)13-25(19,3)18(15)11-12-24(16,17)2/h14-20,22H,5-13H2,1-4H3/t14-,15+,16-,17+,18+,19-,20+,22-,24-,25-/m1/s1. The summed E-state index contributed by atoms with van der Waals surface area (Å²) in [4.78, 5) is 24.3. The van der Waals surface area contributed by atoms with Gasteiger partial charge >= 0.3 is 5.97 Å². The van der Waals surface area contributed by atoms with Gasteiger partial charge in [-0.1, -0.05) is 52.6 Å². The molecule has 0 saturated heterocycles. The van der Waals surface area contributed by atoms with Crippen molar-refractivity contribution in [2.75, 3.05) is 7.11 Å². The highest BCUT2D eigenvalue weighted by molar-refractivity contribution is 9.10. The van der Waals surface area contributed by atoms with Crippen molar-refractivity contribution in [1.82, 2.24) is 0 Å². The highest BCUT2D eigenvalue weighted by atomic mass is 79.9. The Morgan fingerprint density at radius 3 is 2.43 bits per heavy atom. The third-order valence-corrected chi connectivity index (χ3v) is 12.2. The molecule has 4 saturated carbocycles. The summed E-state index contributed by atoms with van der Waals surface area (Å²) in [6.07, 6.45) is 10.3. The lowest BCUT2D eigenvalue weighted by Gasteiger charge is -2.61. The van der Waals surface area contributed by atoms with E-state index in [4.69, 9.17) is 4.74 Å². The number of alkyl halides is 2. The highest BCUT2D eigenvalue weighted by Crippen LogP contribution is 2.68. The van der Waals surface area contributed by atoms with Gasteiger partial charge in [-0.15, -0.1) is 0 Å². The van der Waals surface area contributed by atoms with Crippen LogP contribution in [0.1, 0.15) is 78.6 Å². The minimum absolute atomic E-state index is 0.00450. The van der Waals surface area contributed by atoms with Crippen LogP contribution in [0.2, 0.25) is 0 Å². The SMILES string of the molecule is COC(=O)CC[C@@H](C)[C@H]1CC[C@H]2[C@@H]3CC[C@@H]4[C@@H](Br)C(=O)[C@@H](Br)C[C@]4(C)[C@H]3CC[C@]12C. The first-order chi connectivity index (χ1) is 14.1. The topological polar surface area (TPSA) is 43.4 Å². The van der Waals surface area contributed by atoms with Crippen LogP contribution in [0.4, 0.5) is 0 Å². The van der Waals surface area contributed by atoms with Gasteiger partial charge in [-0.25, -0.2) is 0 Å². The van der Waals surface area contributed by atoms with E-state index in [-0.39, 0.29) is 21.0 Å². The fraction of sp³-hybridized carbons (Fsp3) is 0.920. The molecule has 30 heavy (non-hydrogen) atoms. The van der Waals surface area contributed by atoms with Crippen LogP contribution in [-0.4, -0.2) is 28.5 Å². The molecular weight excluding hydrogens is 508 g/mol. The van der Waals surface area contributed by atoms with E-state index in [0.717, 1.165) is 36.5 Å². The molecule has 4 rings (SSSR count). The lowest BCUT2D eigenvalue weighted by molar-refractivity contribution is -0.141. The summed E-state index contributed by atoms with van der Waals surface area (Å²) >= 11 is 7.52. The van der Waals surface area contributed by atoms with E-state index in [1.807, 2.05) is 0 Å². The van der Waals surface area contributed by atoms with Gasteiger partial charge in [0, 0.05) is 6.42 Å². The quantitative estimate of drug-likeness (QED) is 0.297. The minimum Gasteiger partial charge on any atom is -0.469 e. The third-order valence-electron chi connectivity index (χ3n) is 10.3. The van der Waals surface area contributed by atoms with Crippen LogP contribution in [0.3, 0.4) is 0 Å². The lowest BCUT2D eigenvalue weighted by Crippen LogP contribution is -2.58. The first kappa shape index (κ1) is 23.3. The van der Waals surface area contributed by atoms with Crippen molar-refractivity contribution in [1.29, 1.82) is 0 Å². The Kier molecular flexibility index (Phi) is 6.56. The Hall–Kier alpha value is 0.1000. The van der Waals surface area contributed by atoms with Gasteiger partial charge in [0.2, 0.25) is 0 Å². The average Bonchev–Trinajstić information content (AvgIpc) is 3.07. The molecule has 170 valence electrons. The number of esters is 1. The maximum Gasteiger partial charge on any atom is 0.305 e. The molecule has 0 spiro atoms. The van der Waals surface area contributed by atoms with Gasteiger partial charge in [0.1, 0.15) is 0 Å². The van der Waals surface area contributed by atoms with Crippen LogP contribution in [0.25, 0.3) is 0 Å². The first-order valence-electron chi connectivity index (χ1n) is 12.0. The van der Waals surface area contributed by atoms with Gasteiger partial charge in [0.25, 0.3) is 0 Å². The summed E-state index contributed by atoms with van der Waals surface area (Å²) in [6, 6.07) is 0. The monoisotopic (exact) mass is 544 g/mol.